The minimum atomic E-state index is -0.0800. The van der Waals surface area contributed by atoms with E-state index in [1.54, 1.807) is 12.1 Å². The number of nitrogens with one attached hydrogen (secondary N) is 1. The Kier molecular flexibility index (Phi) is 7.84. The fourth-order valence-electron chi connectivity index (χ4n) is 2.99. The molecule has 142 valence electrons. The molecule has 0 aliphatic carbocycles. The first-order valence-corrected chi connectivity index (χ1v) is 9.26. The summed E-state index contributed by atoms with van der Waals surface area (Å²) >= 11 is 0. The second kappa shape index (κ2) is 10.3. The minimum Gasteiger partial charge on any atom is -0.494 e. The number of nitriles is 1. The summed E-state index contributed by atoms with van der Waals surface area (Å²) in [6.07, 6.45) is 0.787. The van der Waals surface area contributed by atoms with Crippen molar-refractivity contribution in [2.24, 2.45) is 0 Å². The van der Waals surface area contributed by atoms with E-state index in [9.17, 15) is 4.79 Å². The number of hydrogen-bond acceptors (Lipinski definition) is 4. The Bertz CT molecular complexity index is 781. The number of nitrogens with zero attached hydrogens (tertiary/aromatic N) is 2. The molecular weight excluding hydrogens is 338 g/mol. The van der Waals surface area contributed by atoms with Crippen molar-refractivity contribution >= 4 is 5.91 Å². The molecule has 0 aromatic heterocycles. The SMILES string of the molecule is CCOc1ccccc1C(CC)NC(=O)CN(C)Cc1ccc(C#N)cc1. The molecule has 0 aliphatic heterocycles. The largest absolute Gasteiger partial charge is 0.494 e. The fraction of sp³-hybridized carbons (Fsp3) is 0.364. The van der Waals surface area contributed by atoms with Crippen LogP contribution in [0.1, 0.15) is 43.0 Å². The molecule has 1 N–H and O–H groups in total. The average molecular weight is 365 g/mol. The highest BCUT2D eigenvalue weighted by Crippen LogP contribution is 2.27. The molecule has 0 bridgehead atoms. The van der Waals surface area contributed by atoms with Gasteiger partial charge in [0.2, 0.25) is 5.91 Å². The molecule has 2 rings (SSSR count). The van der Waals surface area contributed by atoms with Crippen molar-refractivity contribution in [3.05, 3.63) is 65.2 Å². The van der Waals surface area contributed by atoms with Crippen LogP contribution in [-0.2, 0) is 11.3 Å². The van der Waals surface area contributed by atoms with E-state index in [2.05, 4.69) is 11.4 Å². The Balaban J connectivity index is 1.95. The van der Waals surface area contributed by atoms with Crippen LogP contribution >= 0.6 is 0 Å². The van der Waals surface area contributed by atoms with E-state index >= 15 is 0 Å². The summed E-state index contributed by atoms with van der Waals surface area (Å²) in [5.74, 6) is 0.794. The molecule has 2 aromatic rings. The van der Waals surface area contributed by atoms with Gasteiger partial charge in [-0.15, -0.1) is 0 Å². The van der Waals surface area contributed by atoms with E-state index in [0.29, 0.717) is 25.3 Å². The smallest absolute Gasteiger partial charge is 0.234 e. The predicted molar refractivity (Wildman–Crippen MR) is 106 cm³/mol. The maximum Gasteiger partial charge on any atom is 0.234 e. The van der Waals surface area contributed by atoms with Gasteiger partial charge in [0.25, 0.3) is 0 Å². The molecule has 27 heavy (non-hydrogen) atoms. The molecule has 0 fully saturated rings. The molecule has 1 amide bonds. The van der Waals surface area contributed by atoms with Crippen LogP contribution in [0.15, 0.2) is 48.5 Å². The highest BCUT2D eigenvalue weighted by Gasteiger charge is 2.17. The maximum atomic E-state index is 12.5. The lowest BCUT2D eigenvalue weighted by Crippen LogP contribution is -2.37. The molecule has 0 aliphatic rings. The maximum absolute atomic E-state index is 12.5. The molecular formula is C22H27N3O2. The van der Waals surface area contributed by atoms with Gasteiger partial charge in [-0.05, 0) is 44.2 Å². The standard InChI is InChI=1S/C22H27N3O2/c1-4-20(19-8-6-7-9-21(19)27-5-2)24-22(26)16-25(3)15-18-12-10-17(14-23)11-13-18/h6-13,20H,4-5,15-16H2,1-3H3,(H,24,26). The number of ether oxygens (including phenoxy) is 1. The molecule has 0 spiro atoms. The van der Waals surface area contributed by atoms with Gasteiger partial charge in [-0.2, -0.15) is 5.26 Å². The Labute approximate surface area is 161 Å². The number of carbonyl (C=O) groups is 1. The molecule has 0 heterocycles. The molecule has 5 nitrogen and oxygen atoms in total. The monoisotopic (exact) mass is 365 g/mol. The lowest BCUT2D eigenvalue weighted by Gasteiger charge is -2.22. The minimum absolute atomic E-state index is 0.0238. The van der Waals surface area contributed by atoms with Crippen LogP contribution < -0.4 is 10.1 Å². The van der Waals surface area contributed by atoms with E-state index in [0.717, 1.165) is 23.3 Å². The van der Waals surface area contributed by atoms with Crippen molar-refractivity contribution < 1.29 is 9.53 Å². The number of amides is 1. The third-order valence-corrected chi connectivity index (χ3v) is 4.29. The summed E-state index contributed by atoms with van der Waals surface area (Å²) in [7, 11) is 1.91. The summed E-state index contributed by atoms with van der Waals surface area (Å²) in [4.78, 5) is 14.5. The summed E-state index contributed by atoms with van der Waals surface area (Å²) in [5.41, 5.74) is 2.71. The Hall–Kier alpha value is -2.84. The number of para-hydroxylation sites is 1. The van der Waals surface area contributed by atoms with Crippen molar-refractivity contribution in [3.63, 3.8) is 0 Å². The van der Waals surface area contributed by atoms with Crippen LogP contribution in [0.2, 0.25) is 0 Å². The quantitative estimate of drug-likeness (QED) is 0.736. The lowest BCUT2D eigenvalue weighted by molar-refractivity contribution is -0.122. The molecule has 5 heteroatoms. The lowest BCUT2D eigenvalue weighted by atomic mass is 10.0. The summed E-state index contributed by atoms with van der Waals surface area (Å²) in [6, 6.07) is 17.3. The zero-order chi connectivity index (χ0) is 19.6. The Morgan fingerprint density at radius 1 is 1.19 bits per heavy atom. The van der Waals surface area contributed by atoms with Crippen molar-refractivity contribution in [2.75, 3.05) is 20.2 Å². The summed E-state index contributed by atoms with van der Waals surface area (Å²) in [5, 5.41) is 12.0. The highest BCUT2D eigenvalue weighted by atomic mass is 16.5. The van der Waals surface area contributed by atoms with Gasteiger partial charge in [0.1, 0.15) is 5.75 Å². The van der Waals surface area contributed by atoms with Gasteiger partial charge in [0.05, 0.1) is 30.8 Å². The normalized spacial score (nSPS) is 11.7. The second-order valence-electron chi connectivity index (χ2n) is 6.48. The number of rotatable bonds is 9. The van der Waals surface area contributed by atoms with E-state index in [1.807, 2.05) is 62.2 Å². The van der Waals surface area contributed by atoms with E-state index in [1.165, 1.54) is 0 Å². The molecule has 0 saturated carbocycles. The van der Waals surface area contributed by atoms with Gasteiger partial charge in [0, 0.05) is 12.1 Å². The Morgan fingerprint density at radius 2 is 1.89 bits per heavy atom. The van der Waals surface area contributed by atoms with E-state index < -0.39 is 0 Å². The molecule has 2 aromatic carbocycles. The predicted octanol–water partition coefficient (Wildman–Crippen LogP) is 3.66. The number of likely N-dealkylation sites (N-methyl/N-ethyl adjacent to an activating group) is 1. The van der Waals surface area contributed by atoms with E-state index in [-0.39, 0.29) is 11.9 Å². The van der Waals surface area contributed by atoms with Gasteiger partial charge in [-0.25, -0.2) is 0 Å². The third-order valence-electron chi connectivity index (χ3n) is 4.29. The van der Waals surface area contributed by atoms with Crippen molar-refractivity contribution in [3.8, 4) is 11.8 Å². The van der Waals surface area contributed by atoms with Crippen molar-refractivity contribution in [1.82, 2.24) is 10.2 Å². The highest BCUT2D eigenvalue weighted by molar-refractivity contribution is 5.78. The zero-order valence-corrected chi connectivity index (χ0v) is 16.2. The van der Waals surface area contributed by atoms with Crippen LogP contribution in [0.3, 0.4) is 0 Å². The Morgan fingerprint density at radius 3 is 2.52 bits per heavy atom. The summed E-state index contributed by atoms with van der Waals surface area (Å²) < 4.78 is 5.70. The topological polar surface area (TPSA) is 65.4 Å². The molecule has 0 saturated heterocycles. The van der Waals surface area contributed by atoms with Crippen molar-refractivity contribution in [1.29, 1.82) is 5.26 Å². The van der Waals surface area contributed by atoms with Crippen LogP contribution in [0.25, 0.3) is 0 Å². The molecule has 1 atom stereocenters. The number of hydrogen-bond donors (Lipinski definition) is 1. The third kappa shape index (κ3) is 6.12. The first kappa shape index (κ1) is 20.5. The number of carbonyl (C=O) groups excluding carboxylic acids is 1. The average Bonchev–Trinajstić information content (AvgIpc) is 2.67. The first-order valence-electron chi connectivity index (χ1n) is 9.26. The van der Waals surface area contributed by atoms with Crippen LogP contribution in [0.4, 0.5) is 0 Å². The first-order chi connectivity index (χ1) is 13.1. The van der Waals surface area contributed by atoms with Crippen molar-refractivity contribution in [2.45, 2.75) is 32.9 Å². The van der Waals surface area contributed by atoms with Gasteiger partial charge < -0.3 is 10.1 Å². The fourth-order valence-corrected chi connectivity index (χ4v) is 2.99. The number of benzene rings is 2. The van der Waals surface area contributed by atoms with Gasteiger partial charge in [-0.1, -0.05) is 37.3 Å². The van der Waals surface area contributed by atoms with Crippen LogP contribution in [0, 0.1) is 11.3 Å². The van der Waals surface area contributed by atoms with Crippen LogP contribution in [-0.4, -0.2) is 31.0 Å². The van der Waals surface area contributed by atoms with Crippen LogP contribution in [0.5, 0.6) is 5.75 Å². The van der Waals surface area contributed by atoms with Gasteiger partial charge in [0.15, 0.2) is 0 Å². The zero-order valence-electron chi connectivity index (χ0n) is 16.2. The van der Waals surface area contributed by atoms with E-state index in [4.69, 9.17) is 10.00 Å². The molecule has 0 radical (unpaired) electrons. The van der Waals surface area contributed by atoms with Gasteiger partial charge in [-0.3, -0.25) is 9.69 Å². The second-order valence-corrected chi connectivity index (χ2v) is 6.48. The summed E-state index contributed by atoms with van der Waals surface area (Å²) in [6.45, 7) is 5.54. The van der Waals surface area contributed by atoms with Gasteiger partial charge >= 0.3 is 0 Å². The molecule has 1 unspecified atom stereocenters.